The quantitative estimate of drug-likeness (QED) is 0.181. The molecule has 0 saturated heterocycles. The molecule has 32 heavy (non-hydrogen) atoms. The Morgan fingerprint density at radius 1 is 1.03 bits per heavy atom. The second kappa shape index (κ2) is 8.40. The molecule has 0 aromatic carbocycles. The first-order chi connectivity index (χ1) is 15.2. The number of hydrogen-bond donors (Lipinski definition) is 0. The molecule has 0 bridgehead atoms. The first-order valence-electron chi connectivity index (χ1n) is 13.9. The number of ether oxygens (including phenoxy) is 1. The molecule has 182 valence electrons. The molecule has 3 heteroatoms. The normalized spacial score (nSPS) is 49.7. The minimum Gasteiger partial charge on any atom is -0.461 e. The molecular formula is C29H47IO2. The molecule has 5 aliphatic carbocycles. The standard InChI is InChI=1S/C29H47IO2/c1-18(2)7-6-8-19(3)22-9-10-23-21-15-25(32-26(31)17-30)29-16-20(29)11-14-28(29,5)24(21)12-13-27(22,23)4/h18-25H,6-17H2,1-5H3/t19?,20-,21?,22?,23?,24?,25?,27?,28?,29?/m1/s1. The van der Waals surface area contributed by atoms with Crippen molar-refractivity contribution in [1.29, 1.82) is 0 Å². The first kappa shape index (κ1) is 23.9. The fourth-order valence-electron chi connectivity index (χ4n) is 10.6. The Labute approximate surface area is 210 Å². The molecule has 5 rings (SSSR count). The Morgan fingerprint density at radius 2 is 1.81 bits per heavy atom. The number of esters is 1. The van der Waals surface area contributed by atoms with E-state index in [0.29, 0.717) is 20.7 Å². The van der Waals surface area contributed by atoms with Crippen LogP contribution < -0.4 is 0 Å². The molecule has 10 atom stereocenters. The van der Waals surface area contributed by atoms with E-state index in [1.165, 1.54) is 70.6 Å². The SMILES string of the molecule is CC(C)CCCC(C)C1CCC2C3CC(OC(=O)CI)C45C[C@H]4CCC5(C)C3CCC12C. The maximum Gasteiger partial charge on any atom is 0.316 e. The maximum atomic E-state index is 12.4. The summed E-state index contributed by atoms with van der Waals surface area (Å²) in [6.07, 6.45) is 15.4. The van der Waals surface area contributed by atoms with Gasteiger partial charge in [-0.3, -0.25) is 4.79 Å². The van der Waals surface area contributed by atoms with Crippen LogP contribution in [0.1, 0.15) is 105 Å². The predicted octanol–water partition coefficient (Wildman–Crippen LogP) is 8.06. The zero-order valence-electron chi connectivity index (χ0n) is 21.3. The van der Waals surface area contributed by atoms with E-state index in [4.69, 9.17) is 4.74 Å². The number of halogens is 1. The van der Waals surface area contributed by atoms with E-state index < -0.39 is 0 Å². The Morgan fingerprint density at radius 3 is 2.50 bits per heavy atom. The third kappa shape index (κ3) is 3.39. The molecule has 0 aliphatic heterocycles. The van der Waals surface area contributed by atoms with Gasteiger partial charge in [0.1, 0.15) is 6.10 Å². The number of carbonyl (C=O) groups excluding carboxylic acids is 1. The molecule has 0 amide bonds. The number of alkyl halides is 1. The summed E-state index contributed by atoms with van der Waals surface area (Å²) in [5.41, 5.74) is 1.27. The third-order valence-corrected chi connectivity index (χ3v) is 12.8. The molecule has 0 aromatic heterocycles. The first-order valence-corrected chi connectivity index (χ1v) is 15.5. The van der Waals surface area contributed by atoms with Gasteiger partial charge in [0.05, 0.1) is 4.43 Å². The average Bonchev–Trinajstić information content (AvgIpc) is 3.26. The van der Waals surface area contributed by atoms with Gasteiger partial charge in [-0.15, -0.1) is 0 Å². The topological polar surface area (TPSA) is 26.3 Å². The van der Waals surface area contributed by atoms with Crippen LogP contribution in [-0.4, -0.2) is 16.5 Å². The summed E-state index contributed by atoms with van der Waals surface area (Å²) in [4.78, 5) is 12.4. The van der Waals surface area contributed by atoms with Crippen LogP contribution in [0.5, 0.6) is 0 Å². The van der Waals surface area contributed by atoms with Gasteiger partial charge in [0, 0.05) is 5.41 Å². The molecular weight excluding hydrogens is 507 g/mol. The van der Waals surface area contributed by atoms with Crippen molar-refractivity contribution >= 4 is 28.6 Å². The largest absolute Gasteiger partial charge is 0.461 e. The molecule has 1 spiro atoms. The van der Waals surface area contributed by atoms with Gasteiger partial charge < -0.3 is 4.74 Å². The van der Waals surface area contributed by atoms with E-state index in [0.717, 1.165) is 41.4 Å². The van der Waals surface area contributed by atoms with Crippen LogP contribution in [0.3, 0.4) is 0 Å². The van der Waals surface area contributed by atoms with Crippen LogP contribution in [-0.2, 0) is 9.53 Å². The zero-order chi connectivity index (χ0) is 22.9. The highest BCUT2D eigenvalue weighted by atomic mass is 127. The fourth-order valence-corrected chi connectivity index (χ4v) is 10.8. The Bertz CT molecular complexity index is 735. The van der Waals surface area contributed by atoms with E-state index >= 15 is 0 Å². The van der Waals surface area contributed by atoms with Gasteiger partial charge in [-0.1, -0.05) is 76.5 Å². The summed E-state index contributed by atoms with van der Waals surface area (Å²) in [5.74, 6) is 5.97. The van der Waals surface area contributed by atoms with Gasteiger partial charge >= 0.3 is 5.97 Å². The summed E-state index contributed by atoms with van der Waals surface area (Å²) in [5, 5.41) is 0. The van der Waals surface area contributed by atoms with Gasteiger partial charge in [-0.2, -0.15) is 0 Å². The van der Waals surface area contributed by atoms with E-state index in [1.54, 1.807) is 0 Å². The fraction of sp³-hybridized carbons (Fsp3) is 0.966. The van der Waals surface area contributed by atoms with Crippen LogP contribution in [0, 0.1) is 57.7 Å². The average molecular weight is 555 g/mol. The van der Waals surface area contributed by atoms with E-state index in [-0.39, 0.29) is 12.1 Å². The van der Waals surface area contributed by atoms with Crippen LogP contribution in [0.25, 0.3) is 0 Å². The smallest absolute Gasteiger partial charge is 0.316 e. The Balaban J connectivity index is 1.37. The van der Waals surface area contributed by atoms with Gasteiger partial charge in [-0.05, 0) is 104 Å². The summed E-state index contributed by atoms with van der Waals surface area (Å²) >= 11 is 2.19. The highest BCUT2D eigenvalue weighted by Gasteiger charge is 2.78. The second-order valence-corrected chi connectivity index (χ2v) is 14.4. The lowest BCUT2D eigenvalue weighted by Gasteiger charge is -2.60. The molecule has 5 aliphatic rings. The summed E-state index contributed by atoms with van der Waals surface area (Å²) < 4.78 is 6.80. The number of rotatable bonds is 7. The van der Waals surface area contributed by atoms with Crippen LogP contribution in [0.2, 0.25) is 0 Å². The molecule has 0 aromatic rings. The lowest BCUT2D eigenvalue weighted by Crippen LogP contribution is -2.57. The highest BCUT2D eigenvalue weighted by Crippen LogP contribution is 2.82. The molecule has 0 N–H and O–H groups in total. The number of fused-ring (bicyclic) bond motifs is 4. The van der Waals surface area contributed by atoms with Gasteiger partial charge in [0.25, 0.3) is 0 Å². The summed E-state index contributed by atoms with van der Waals surface area (Å²) in [6.45, 7) is 12.6. The van der Waals surface area contributed by atoms with Crippen molar-refractivity contribution in [2.24, 2.45) is 57.7 Å². The predicted molar refractivity (Wildman–Crippen MR) is 140 cm³/mol. The second-order valence-electron chi connectivity index (χ2n) is 13.7. The highest BCUT2D eigenvalue weighted by molar-refractivity contribution is 14.1. The molecule has 9 unspecified atom stereocenters. The number of carbonyl (C=O) groups is 1. The summed E-state index contributed by atoms with van der Waals surface area (Å²) in [6, 6.07) is 0. The van der Waals surface area contributed by atoms with Crippen LogP contribution in [0.4, 0.5) is 0 Å². The minimum absolute atomic E-state index is 0.0324. The molecule has 0 heterocycles. The minimum atomic E-state index is 0.0324. The molecule has 5 fully saturated rings. The van der Waals surface area contributed by atoms with Gasteiger partial charge in [0.15, 0.2) is 0 Å². The monoisotopic (exact) mass is 554 g/mol. The van der Waals surface area contributed by atoms with E-state index in [1.807, 2.05) is 0 Å². The zero-order valence-corrected chi connectivity index (χ0v) is 23.5. The van der Waals surface area contributed by atoms with Crippen molar-refractivity contribution in [2.75, 3.05) is 4.43 Å². The van der Waals surface area contributed by atoms with Crippen LogP contribution in [0.15, 0.2) is 0 Å². The van der Waals surface area contributed by atoms with E-state index in [9.17, 15) is 4.79 Å². The molecule has 2 nitrogen and oxygen atoms in total. The third-order valence-electron chi connectivity index (χ3n) is 12.1. The van der Waals surface area contributed by atoms with Crippen molar-refractivity contribution in [1.82, 2.24) is 0 Å². The van der Waals surface area contributed by atoms with Crippen molar-refractivity contribution < 1.29 is 9.53 Å². The Kier molecular flexibility index (Phi) is 6.28. The molecule has 0 radical (unpaired) electrons. The Hall–Kier alpha value is 0.200. The number of hydrogen-bond acceptors (Lipinski definition) is 2. The van der Waals surface area contributed by atoms with Gasteiger partial charge in [-0.25, -0.2) is 0 Å². The van der Waals surface area contributed by atoms with E-state index in [2.05, 4.69) is 57.2 Å². The maximum absolute atomic E-state index is 12.4. The van der Waals surface area contributed by atoms with Crippen molar-refractivity contribution in [3.8, 4) is 0 Å². The lowest BCUT2D eigenvalue weighted by atomic mass is 9.45. The van der Waals surface area contributed by atoms with Gasteiger partial charge in [0.2, 0.25) is 0 Å². The van der Waals surface area contributed by atoms with Crippen molar-refractivity contribution in [3.05, 3.63) is 0 Å². The van der Waals surface area contributed by atoms with Crippen LogP contribution >= 0.6 is 22.6 Å². The molecule has 5 saturated carbocycles. The lowest BCUT2D eigenvalue weighted by molar-refractivity contribution is -0.181. The van der Waals surface area contributed by atoms with Crippen molar-refractivity contribution in [3.63, 3.8) is 0 Å². The van der Waals surface area contributed by atoms with Crippen molar-refractivity contribution in [2.45, 2.75) is 111 Å². The summed E-state index contributed by atoms with van der Waals surface area (Å²) in [7, 11) is 0.